The van der Waals surface area contributed by atoms with E-state index in [0.29, 0.717) is 6.54 Å². The lowest BCUT2D eigenvalue weighted by Crippen LogP contribution is -2.47. The van der Waals surface area contributed by atoms with Gasteiger partial charge >= 0.3 is 0 Å². The molecule has 0 unspecified atom stereocenters. The van der Waals surface area contributed by atoms with Gasteiger partial charge in [0.05, 0.1) is 0 Å². The molecule has 1 amide bonds. The van der Waals surface area contributed by atoms with Gasteiger partial charge in [0.2, 0.25) is 0 Å². The molecular formula is C20H26N2O. The molecule has 3 rings (SSSR count). The standard InChI is InChI=1S/C20H24N2O.H2/c1-16-7-5-6-10-18(16)19(23)22-15-20(11-13-21-14-12-20)17-8-3-2-4-9-17;/h2-10,21H,11-15H2,1H3,(H,22,23);1H. The predicted molar refractivity (Wildman–Crippen MR) is 95.8 cm³/mol. The van der Waals surface area contributed by atoms with Gasteiger partial charge in [-0.1, -0.05) is 48.5 Å². The molecule has 2 aromatic rings. The Morgan fingerprint density at radius 1 is 1.09 bits per heavy atom. The Balaban J connectivity index is 0.00000208. The SMILES string of the molecule is Cc1ccccc1C(=O)NCC1(c2ccccc2)CCNCC1.[HH]. The van der Waals surface area contributed by atoms with E-state index in [4.69, 9.17) is 0 Å². The lowest BCUT2D eigenvalue weighted by Gasteiger charge is -2.38. The molecule has 3 nitrogen and oxygen atoms in total. The molecule has 0 radical (unpaired) electrons. The van der Waals surface area contributed by atoms with Crippen molar-refractivity contribution in [2.24, 2.45) is 0 Å². The van der Waals surface area contributed by atoms with Crippen LogP contribution in [0.2, 0.25) is 0 Å². The van der Waals surface area contributed by atoms with Crippen LogP contribution in [0.25, 0.3) is 0 Å². The van der Waals surface area contributed by atoms with Gasteiger partial charge in [-0.15, -0.1) is 0 Å². The fourth-order valence-corrected chi connectivity index (χ4v) is 3.44. The number of piperidine rings is 1. The van der Waals surface area contributed by atoms with Crippen molar-refractivity contribution in [3.63, 3.8) is 0 Å². The highest BCUT2D eigenvalue weighted by atomic mass is 16.1. The summed E-state index contributed by atoms with van der Waals surface area (Å²) >= 11 is 0. The molecule has 0 bridgehead atoms. The number of amides is 1. The summed E-state index contributed by atoms with van der Waals surface area (Å²) in [5.74, 6) is 0.0249. The van der Waals surface area contributed by atoms with Crippen LogP contribution in [0.4, 0.5) is 0 Å². The molecule has 3 heteroatoms. The molecule has 1 aliphatic rings. The highest BCUT2D eigenvalue weighted by Crippen LogP contribution is 2.32. The molecular weight excluding hydrogens is 284 g/mol. The van der Waals surface area contributed by atoms with Crippen molar-refractivity contribution in [2.75, 3.05) is 19.6 Å². The van der Waals surface area contributed by atoms with E-state index in [1.54, 1.807) is 0 Å². The Morgan fingerprint density at radius 3 is 2.43 bits per heavy atom. The molecule has 0 spiro atoms. The van der Waals surface area contributed by atoms with Crippen molar-refractivity contribution in [1.82, 2.24) is 10.6 Å². The molecule has 122 valence electrons. The van der Waals surface area contributed by atoms with Crippen LogP contribution in [0.1, 0.15) is 35.8 Å². The molecule has 1 heterocycles. The van der Waals surface area contributed by atoms with E-state index in [1.165, 1.54) is 5.56 Å². The van der Waals surface area contributed by atoms with Gasteiger partial charge in [0.25, 0.3) is 5.91 Å². The fourth-order valence-electron chi connectivity index (χ4n) is 3.44. The highest BCUT2D eigenvalue weighted by molar-refractivity contribution is 5.95. The first-order valence-corrected chi connectivity index (χ1v) is 8.31. The summed E-state index contributed by atoms with van der Waals surface area (Å²) in [6.07, 6.45) is 2.09. The van der Waals surface area contributed by atoms with Crippen LogP contribution >= 0.6 is 0 Å². The number of carbonyl (C=O) groups excluding carboxylic acids is 1. The number of carbonyl (C=O) groups is 1. The lowest BCUT2D eigenvalue weighted by atomic mass is 9.73. The van der Waals surface area contributed by atoms with Crippen LogP contribution in [0.3, 0.4) is 0 Å². The van der Waals surface area contributed by atoms with E-state index in [-0.39, 0.29) is 12.7 Å². The summed E-state index contributed by atoms with van der Waals surface area (Å²) in [4.78, 5) is 12.6. The van der Waals surface area contributed by atoms with Gasteiger partial charge in [0, 0.05) is 18.9 Å². The first-order valence-electron chi connectivity index (χ1n) is 8.31. The Labute approximate surface area is 139 Å². The van der Waals surface area contributed by atoms with Crippen molar-refractivity contribution in [2.45, 2.75) is 25.2 Å². The quantitative estimate of drug-likeness (QED) is 0.910. The highest BCUT2D eigenvalue weighted by Gasteiger charge is 2.34. The van der Waals surface area contributed by atoms with Crippen molar-refractivity contribution in [1.29, 1.82) is 0 Å². The van der Waals surface area contributed by atoms with Gasteiger partial charge in [-0.05, 0) is 50.0 Å². The van der Waals surface area contributed by atoms with Crippen LogP contribution in [0.5, 0.6) is 0 Å². The summed E-state index contributed by atoms with van der Waals surface area (Å²) in [5, 5.41) is 6.61. The van der Waals surface area contributed by atoms with E-state index in [9.17, 15) is 4.79 Å². The van der Waals surface area contributed by atoms with Crippen molar-refractivity contribution < 1.29 is 6.22 Å². The minimum atomic E-state index is 0. The minimum Gasteiger partial charge on any atom is -0.351 e. The third kappa shape index (κ3) is 3.45. The zero-order chi connectivity index (χ0) is 16.1. The van der Waals surface area contributed by atoms with Crippen LogP contribution in [0, 0.1) is 6.92 Å². The average Bonchev–Trinajstić information content (AvgIpc) is 2.62. The molecule has 2 N–H and O–H groups in total. The molecule has 2 aromatic carbocycles. The normalized spacial score (nSPS) is 16.7. The second-order valence-corrected chi connectivity index (χ2v) is 6.39. The van der Waals surface area contributed by atoms with Gasteiger partial charge in [-0.25, -0.2) is 0 Å². The van der Waals surface area contributed by atoms with Crippen LogP contribution in [-0.4, -0.2) is 25.5 Å². The minimum absolute atomic E-state index is 0. The Bertz CT molecular complexity index is 666. The van der Waals surface area contributed by atoms with E-state index in [2.05, 4.69) is 34.9 Å². The zero-order valence-electron chi connectivity index (χ0n) is 13.6. The van der Waals surface area contributed by atoms with E-state index in [1.807, 2.05) is 37.3 Å². The number of rotatable bonds is 4. The Kier molecular flexibility index (Phi) is 4.77. The van der Waals surface area contributed by atoms with E-state index < -0.39 is 0 Å². The van der Waals surface area contributed by atoms with Gasteiger partial charge in [-0.3, -0.25) is 4.79 Å². The largest absolute Gasteiger partial charge is 0.351 e. The fraction of sp³-hybridized carbons (Fsp3) is 0.350. The number of hydrogen-bond acceptors (Lipinski definition) is 2. The maximum atomic E-state index is 12.6. The van der Waals surface area contributed by atoms with Crippen LogP contribution in [0.15, 0.2) is 54.6 Å². The predicted octanol–water partition coefficient (Wildman–Crippen LogP) is 3.29. The van der Waals surface area contributed by atoms with E-state index in [0.717, 1.165) is 37.1 Å². The summed E-state index contributed by atoms with van der Waals surface area (Å²) in [6.45, 7) is 4.66. The van der Waals surface area contributed by atoms with Gasteiger partial charge < -0.3 is 10.6 Å². The molecule has 1 fully saturated rings. The monoisotopic (exact) mass is 310 g/mol. The van der Waals surface area contributed by atoms with Crippen LogP contribution < -0.4 is 10.6 Å². The topological polar surface area (TPSA) is 41.1 Å². The third-order valence-corrected chi connectivity index (χ3v) is 4.92. The number of hydrogen-bond donors (Lipinski definition) is 2. The zero-order valence-corrected chi connectivity index (χ0v) is 13.6. The smallest absolute Gasteiger partial charge is 0.251 e. The summed E-state index contributed by atoms with van der Waals surface area (Å²) in [6, 6.07) is 18.3. The third-order valence-electron chi connectivity index (χ3n) is 4.92. The second-order valence-electron chi connectivity index (χ2n) is 6.39. The molecule has 1 aliphatic heterocycles. The van der Waals surface area contributed by atoms with E-state index >= 15 is 0 Å². The number of aryl methyl sites for hydroxylation is 1. The van der Waals surface area contributed by atoms with Gasteiger partial charge in [0.15, 0.2) is 0 Å². The molecule has 0 aromatic heterocycles. The average molecular weight is 310 g/mol. The molecule has 1 saturated heterocycles. The van der Waals surface area contributed by atoms with Crippen molar-refractivity contribution in [3.05, 3.63) is 71.3 Å². The first kappa shape index (κ1) is 15.8. The van der Waals surface area contributed by atoms with Crippen LogP contribution in [-0.2, 0) is 5.41 Å². The number of benzene rings is 2. The Morgan fingerprint density at radius 2 is 1.74 bits per heavy atom. The van der Waals surface area contributed by atoms with Gasteiger partial charge in [0.1, 0.15) is 0 Å². The van der Waals surface area contributed by atoms with Gasteiger partial charge in [-0.2, -0.15) is 0 Å². The summed E-state index contributed by atoms with van der Waals surface area (Å²) in [7, 11) is 0. The van der Waals surface area contributed by atoms with Crippen molar-refractivity contribution in [3.8, 4) is 0 Å². The molecule has 23 heavy (non-hydrogen) atoms. The molecule has 0 aliphatic carbocycles. The molecule has 0 atom stereocenters. The Hall–Kier alpha value is -2.13. The van der Waals surface area contributed by atoms with Crippen molar-refractivity contribution >= 4 is 5.91 Å². The summed E-state index contributed by atoms with van der Waals surface area (Å²) < 4.78 is 0. The first-order chi connectivity index (χ1) is 11.2. The maximum absolute atomic E-state index is 12.6. The maximum Gasteiger partial charge on any atom is 0.251 e. The number of nitrogens with one attached hydrogen (secondary N) is 2. The second kappa shape index (κ2) is 6.97. The molecule has 0 saturated carbocycles. The summed E-state index contributed by atoms with van der Waals surface area (Å²) in [5.41, 5.74) is 3.14. The lowest BCUT2D eigenvalue weighted by molar-refractivity contribution is 0.0937.